The van der Waals surface area contributed by atoms with E-state index in [-0.39, 0.29) is 11.7 Å². The van der Waals surface area contributed by atoms with Gasteiger partial charge >= 0.3 is 6.09 Å². The Hall–Kier alpha value is -2.80. The van der Waals surface area contributed by atoms with E-state index in [0.717, 1.165) is 10.5 Å². The van der Waals surface area contributed by atoms with Crippen LogP contribution in [0, 0.1) is 0 Å². The number of Topliss-reactive ketones (excluding diaryl/α,β-unsaturated/α-hetero) is 1. The Morgan fingerprint density at radius 3 is 2.32 bits per heavy atom. The summed E-state index contributed by atoms with van der Waals surface area (Å²) < 4.78 is 5.37. The van der Waals surface area contributed by atoms with Crippen LogP contribution in [0.15, 0.2) is 65.6 Å². The predicted molar refractivity (Wildman–Crippen MR) is 121 cm³/mol. The van der Waals surface area contributed by atoms with Crippen molar-refractivity contribution in [3.63, 3.8) is 0 Å². The van der Waals surface area contributed by atoms with Gasteiger partial charge in [0.1, 0.15) is 17.0 Å². The molecular weight excluding hydrogens is 412 g/mol. The van der Waals surface area contributed by atoms with E-state index < -0.39 is 23.1 Å². The molecule has 1 aliphatic heterocycles. The second-order valence-corrected chi connectivity index (χ2v) is 9.57. The molecule has 2 aromatic rings. The van der Waals surface area contributed by atoms with Gasteiger partial charge < -0.3 is 15.0 Å². The molecule has 1 aliphatic rings. The average molecular weight is 441 g/mol. The van der Waals surface area contributed by atoms with Crippen molar-refractivity contribution in [1.82, 2.24) is 10.2 Å². The molecule has 0 saturated carbocycles. The van der Waals surface area contributed by atoms with E-state index >= 15 is 0 Å². The molecule has 31 heavy (non-hydrogen) atoms. The summed E-state index contributed by atoms with van der Waals surface area (Å²) >= 11 is 1.36. The number of benzene rings is 2. The summed E-state index contributed by atoms with van der Waals surface area (Å²) in [4.78, 5) is 41.0. The Balaban J connectivity index is 1.79. The molecule has 2 aromatic carbocycles. The summed E-state index contributed by atoms with van der Waals surface area (Å²) in [5.74, 6) is -0.271. The van der Waals surface area contributed by atoms with E-state index in [9.17, 15) is 14.4 Å². The highest BCUT2D eigenvalue weighted by atomic mass is 32.2. The first-order chi connectivity index (χ1) is 14.7. The minimum absolute atomic E-state index is 0.0120. The third kappa shape index (κ3) is 6.59. The first kappa shape index (κ1) is 22.9. The zero-order valence-corrected chi connectivity index (χ0v) is 18.9. The van der Waals surface area contributed by atoms with Gasteiger partial charge in [0.05, 0.1) is 0 Å². The van der Waals surface area contributed by atoms with Crippen LogP contribution in [0.2, 0.25) is 0 Å². The molecule has 0 aromatic heterocycles. The molecule has 6 nitrogen and oxygen atoms in total. The van der Waals surface area contributed by atoms with Crippen molar-refractivity contribution in [1.29, 1.82) is 0 Å². The number of nitrogens with one attached hydrogen (secondary N) is 1. The van der Waals surface area contributed by atoms with Gasteiger partial charge in [-0.3, -0.25) is 9.59 Å². The lowest BCUT2D eigenvalue weighted by molar-refractivity contribution is -0.134. The van der Waals surface area contributed by atoms with Crippen LogP contribution in [0.25, 0.3) is 0 Å². The molecule has 0 bridgehead atoms. The lowest BCUT2D eigenvalue weighted by atomic mass is 10.0. The van der Waals surface area contributed by atoms with Crippen molar-refractivity contribution in [3.8, 4) is 0 Å². The molecule has 1 N–H and O–H groups in total. The third-order valence-corrected chi connectivity index (χ3v) is 5.99. The van der Waals surface area contributed by atoms with E-state index in [1.54, 1.807) is 25.7 Å². The van der Waals surface area contributed by atoms with Crippen molar-refractivity contribution in [3.05, 3.63) is 66.2 Å². The minimum Gasteiger partial charge on any atom is -0.444 e. The Morgan fingerprint density at radius 2 is 1.71 bits per heavy atom. The maximum atomic E-state index is 13.5. The van der Waals surface area contributed by atoms with Crippen LogP contribution in [0.4, 0.5) is 4.79 Å². The number of ether oxygens (including phenoxy) is 1. The summed E-state index contributed by atoms with van der Waals surface area (Å²) in [6.45, 7) is 5.65. The molecule has 0 spiro atoms. The molecule has 3 rings (SSSR count). The quantitative estimate of drug-likeness (QED) is 0.734. The lowest BCUT2D eigenvalue weighted by Crippen LogP contribution is -2.52. The number of rotatable bonds is 6. The topological polar surface area (TPSA) is 75.7 Å². The fraction of sp³-hybridized carbons (Fsp3) is 0.375. The number of thioether (sulfide) groups is 1. The summed E-state index contributed by atoms with van der Waals surface area (Å²) in [6.07, 6.45) is -0.0351. The fourth-order valence-corrected chi connectivity index (χ4v) is 4.49. The molecule has 0 radical (unpaired) electrons. The van der Waals surface area contributed by atoms with Crippen LogP contribution >= 0.6 is 11.8 Å². The summed E-state index contributed by atoms with van der Waals surface area (Å²) in [7, 11) is 0. The SMILES string of the molecule is CC(C)(C)OC(=O)N[C@H](Cc1ccccc1)C(=O)N1CCC(=O)[C@H]1Sc1ccccc1. The molecule has 7 heteroatoms. The minimum atomic E-state index is -0.831. The standard InChI is InChI=1S/C24H28N2O4S/c1-24(2,3)30-23(29)25-19(16-17-10-6-4-7-11-17)21(28)26-15-14-20(27)22(26)31-18-12-8-5-9-13-18/h4-13,19,22H,14-16H2,1-3H3,(H,25,29)/t19-,22-/m1/s1. The Kier molecular flexibility index (Phi) is 7.38. The summed E-state index contributed by atoms with van der Waals surface area (Å²) in [6, 6.07) is 18.2. The molecule has 1 heterocycles. The van der Waals surface area contributed by atoms with Crippen LogP contribution in [-0.2, 0) is 20.7 Å². The fourth-order valence-electron chi connectivity index (χ4n) is 3.33. The van der Waals surface area contributed by atoms with Crippen molar-refractivity contribution in [2.24, 2.45) is 0 Å². The Bertz CT molecular complexity index is 912. The Morgan fingerprint density at radius 1 is 1.10 bits per heavy atom. The highest BCUT2D eigenvalue weighted by Crippen LogP contribution is 2.31. The van der Waals surface area contributed by atoms with Crippen molar-refractivity contribution in [2.45, 2.75) is 55.5 Å². The number of amides is 2. The van der Waals surface area contributed by atoms with Crippen LogP contribution in [0.3, 0.4) is 0 Å². The first-order valence-electron chi connectivity index (χ1n) is 10.3. The maximum absolute atomic E-state index is 13.5. The summed E-state index contributed by atoms with van der Waals surface area (Å²) in [5, 5.41) is 2.12. The number of carbonyl (C=O) groups excluding carboxylic acids is 3. The molecule has 1 saturated heterocycles. The van der Waals surface area contributed by atoms with Gasteiger partial charge in [0.25, 0.3) is 0 Å². The van der Waals surface area contributed by atoms with Crippen LogP contribution < -0.4 is 5.32 Å². The molecule has 0 aliphatic carbocycles. The van der Waals surface area contributed by atoms with Crippen molar-refractivity contribution in [2.75, 3.05) is 6.54 Å². The van der Waals surface area contributed by atoms with Gasteiger partial charge in [0.15, 0.2) is 5.78 Å². The predicted octanol–water partition coefficient (Wildman–Crippen LogP) is 4.04. The van der Waals surface area contributed by atoms with E-state index in [0.29, 0.717) is 19.4 Å². The largest absolute Gasteiger partial charge is 0.444 e. The number of ketones is 1. The molecule has 1 fully saturated rings. The lowest BCUT2D eigenvalue weighted by Gasteiger charge is -2.29. The third-order valence-electron chi connectivity index (χ3n) is 4.70. The number of likely N-dealkylation sites (tertiary alicyclic amines) is 1. The summed E-state index contributed by atoms with van der Waals surface area (Å²) in [5.41, 5.74) is 0.231. The number of alkyl carbamates (subject to hydrolysis) is 1. The second kappa shape index (κ2) is 10.0. The van der Waals surface area contributed by atoms with Gasteiger partial charge in [-0.15, -0.1) is 0 Å². The van der Waals surface area contributed by atoms with Crippen LogP contribution in [0.5, 0.6) is 0 Å². The van der Waals surface area contributed by atoms with E-state index in [1.165, 1.54) is 11.8 Å². The molecule has 0 unspecified atom stereocenters. The molecule has 2 atom stereocenters. The van der Waals surface area contributed by atoms with Crippen molar-refractivity contribution >= 4 is 29.5 Å². The number of nitrogens with zero attached hydrogens (tertiary/aromatic N) is 1. The van der Waals surface area contributed by atoms with Gasteiger partial charge in [0.2, 0.25) is 5.91 Å². The molecule has 2 amide bonds. The smallest absolute Gasteiger partial charge is 0.408 e. The van der Waals surface area contributed by atoms with Gasteiger partial charge in [0, 0.05) is 24.3 Å². The highest BCUT2D eigenvalue weighted by molar-refractivity contribution is 8.00. The zero-order chi connectivity index (χ0) is 22.4. The maximum Gasteiger partial charge on any atom is 0.408 e. The first-order valence-corrected chi connectivity index (χ1v) is 11.2. The monoisotopic (exact) mass is 440 g/mol. The van der Waals surface area contributed by atoms with E-state index in [4.69, 9.17) is 4.74 Å². The van der Waals surface area contributed by atoms with Gasteiger partial charge in [-0.2, -0.15) is 0 Å². The van der Waals surface area contributed by atoms with Gasteiger partial charge in [-0.05, 0) is 38.5 Å². The second-order valence-electron chi connectivity index (χ2n) is 8.42. The van der Waals surface area contributed by atoms with Crippen LogP contribution in [0.1, 0.15) is 32.8 Å². The number of hydrogen-bond donors (Lipinski definition) is 1. The highest BCUT2D eigenvalue weighted by Gasteiger charge is 2.39. The van der Waals surface area contributed by atoms with Gasteiger partial charge in [-0.25, -0.2) is 4.79 Å². The van der Waals surface area contributed by atoms with Crippen molar-refractivity contribution < 1.29 is 19.1 Å². The normalized spacial score (nSPS) is 17.3. The van der Waals surface area contributed by atoms with Crippen LogP contribution in [-0.4, -0.2) is 46.2 Å². The zero-order valence-electron chi connectivity index (χ0n) is 18.0. The number of carbonyl (C=O) groups is 3. The van der Waals surface area contributed by atoms with Gasteiger partial charge in [-0.1, -0.05) is 60.3 Å². The van der Waals surface area contributed by atoms with E-state index in [2.05, 4.69) is 5.32 Å². The molecule has 164 valence electrons. The van der Waals surface area contributed by atoms with E-state index in [1.807, 2.05) is 60.7 Å². The number of hydrogen-bond acceptors (Lipinski definition) is 5. The average Bonchev–Trinajstić information content (AvgIpc) is 3.07. The Labute approximate surface area is 187 Å². The molecular formula is C24H28N2O4S.